The Bertz CT molecular complexity index is 2880. The molecule has 0 bridgehead atoms. The highest BCUT2D eigenvalue weighted by Gasteiger charge is 2.41. The third kappa shape index (κ3) is 9.60. The van der Waals surface area contributed by atoms with Crippen molar-refractivity contribution in [1.82, 2.24) is 20.2 Å². The largest absolute Gasteiger partial charge is 0.497 e. The molecule has 1 fully saturated rings. The first-order valence-electron chi connectivity index (χ1n) is 21.3. The zero-order valence-corrected chi connectivity index (χ0v) is 38.0. The summed E-state index contributed by atoms with van der Waals surface area (Å²) in [5.41, 5.74) is -2.14. The van der Waals surface area contributed by atoms with Crippen molar-refractivity contribution in [3.05, 3.63) is 134 Å². The van der Waals surface area contributed by atoms with Crippen LogP contribution in [0, 0.1) is 29.5 Å². The molecule has 1 atom stereocenters. The molecule has 8 rings (SSSR count). The number of halogens is 5. The highest BCUT2D eigenvalue weighted by atomic mass is 35.5. The number of aromatic nitrogens is 2. The number of amides is 1. The van der Waals surface area contributed by atoms with Crippen LogP contribution in [0.15, 0.2) is 90.1 Å². The van der Waals surface area contributed by atoms with Gasteiger partial charge in [-0.25, -0.2) is 19.2 Å². The van der Waals surface area contributed by atoms with E-state index in [4.69, 9.17) is 35.3 Å². The van der Waals surface area contributed by atoms with E-state index in [1.54, 1.807) is 53.1 Å². The number of pyridine rings is 2. The second kappa shape index (κ2) is 19.5. The Balaban J connectivity index is 1.33. The number of rotatable bonds is 14. The highest BCUT2D eigenvalue weighted by Crippen LogP contribution is 2.44. The summed E-state index contributed by atoms with van der Waals surface area (Å²) in [6, 6.07) is 20.4. The molecular weight excluding hydrogens is 912 g/mol. The fourth-order valence-electron chi connectivity index (χ4n) is 8.35. The Labute approximate surface area is 392 Å². The number of nitriles is 1. The van der Waals surface area contributed by atoms with Crippen molar-refractivity contribution in [2.24, 2.45) is 10.4 Å². The molecule has 0 aliphatic carbocycles. The van der Waals surface area contributed by atoms with Gasteiger partial charge in [-0.2, -0.15) is 18.4 Å². The van der Waals surface area contributed by atoms with Crippen molar-refractivity contribution >= 4 is 35.2 Å². The van der Waals surface area contributed by atoms with Gasteiger partial charge in [0, 0.05) is 38.1 Å². The summed E-state index contributed by atoms with van der Waals surface area (Å²) < 4.78 is 93.2. The van der Waals surface area contributed by atoms with Crippen LogP contribution in [0.1, 0.15) is 53.6 Å². The van der Waals surface area contributed by atoms with E-state index in [1.807, 2.05) is 24.3 Å². The molecule has 20 heteroatoms. The van der Waals surface area contributed by atoms with Crippen molar-refractivity contribution in [3.8, 4) is 34.6 Å². The standard InChI is InChI=1S/C48H45ClF4N8O7/c1-27-20-34(60(21-29-7-11-31(64-3)12-8-29)22-30-9-13-32(65-4)14-10-30)58-41(38(27)48(51,52)53)36-39(49)42-37-43(40(36)50)68-35(67-25-47(24-54)15-18-66-19-16-47)23-61(45(37)57-26-56-42)28(2)33-6-5-17-55-44(33)59-46(62)63/h5-14,17,20,23,28,57H,15-16,18-19,21-22,25-26H2,1-4H3,(H,55,59)(H,62,63). The van der Waals surface area contributed by atoms with Gasteiger partial charge in [0.05, 0.1) is 70.4 Å². The van der Waals surface area contributed by atoms with Crippen LogP contribution in [0.3, 0.4) is 0 Å². The molecule has 3 N–H and O–H groups in total. The zero-order chi connectivity index (χ0) is 48.3. The smallest absolute Gasteiger partial charge is 0.418 e. The second-order valence-corrected chi connectivity index (χ2v) is 16.6. The van der Waals surface area contributed by atoms with Gasteiger partial charge in [0.25, 0.3) is 0 Å². The van der Waals surface area contributed by atoms with E-state index in [2.05, 4.69) is 31.7 Å². The number of hydrogen-bond donors (Lipinski definition) is 3. The van der Waals surface area contributed by atoms with E-state index in [0.717, 1.165) is 11.1 Å². The van der Waals surface area contributed by atoms with Crippen LogP contribution >= 0.6 is 11.6 Å². The van der Waals surface area contributed by atoms with Crippen LogP contribution < -0.4 is 40.3 Å². The summed E-state index contributed by atoms with van der Waals surface area (Å²) in [6.45, 7) is 3.48. The molecule has 1 unspecified atom stereocenters. The lowest BCUT2D eigenvalue weighted by molar-refractivity contribution is -0.137. The number of methoxy groups -OCH3 is 2. The SMILES string of the molecule is COc1ccc(CN(Cc2ccc(OC)cc2)c2cc(C)c(C(F)(F)F)c(-c3c(F)c4c5c(c3Cl)=NCNC=5N(C(C)c3cccnc3NC(=O)O)C=C(OCC3(C#N)CCOCC3)O4)n2)cc1. The molecule has 0 radical (unpaired) electrons. The molecule has 0 saturated carbocycles. The Morgan fingerprint density at radius 1 is 1.07 bits per heavy atom. The molecule has 2 aromatic heterocycles. The van der Waals surface area contributed by atoms with Gasteiger partial charge >= 0.3 is 18.2 Å². The van der Waals surface area contributed by atoms with Gasteiger partial charge in [-0.15, -0.1) is 0 Å². The molecular formula is C48H45ClF4N8O7. The van der Waals surface area contributed by atoms with Gasteiger partial charge in [0.2, 0.25) is 0 Å². The molecule has 3 aliphatic heterocycles. The van der Waals surface area contributed by atoms with Crippen LogP contribution in [0.5, 0.6) is 17.2 Å². The Hall–Kier alpha value is -7.30. The molecule has 5 aromatic rings. The lowest BCUT2D eigenvalue weighted by Crippen LogP contribution is -2.45. The topological polar surface area (TPSA) is 176 Å². The van der Waals surface area contributed by atoms with Crippen LogP contribution in [0.4, 0.5) is 34.0 Å². The fraction of sp³-hybridized carbons (Fsp3) is 0.312. The summed E-state index contributed by atoms with van der Waals surface area (Å²) >= 11 is 7.15. The second-order valence-electron chi connectivity index (χ2n) is 16.3. The maximum absolute atomic E-state index is 18.0. The first-order valence-corrected chi connectivity index (χ1v) is 21.7. The molecule has 1 saturated heterocycles. The minimum absolute atomic E-state index is 0.00527. The molecule has 3 aliphatic rings. The third-order valence-electron chi connectivity index (χ3n) is 12.0. The van der Waals surface area contributed by atoms with Gasteiger partial charge in [0.15, 0.2) is 11.6 Å². The molecule has 354 valence electrons. The predicted octanol–water partition coefficient (Wildman–Crippen LogP) is 8.41. The number of carboxylic acid groups (broad SMARTS) is 1. The Morgan fingerprint density at radius 3 is 2.31 bits per heavy atom. The van der Waals surface area contributed by atoms with Crippen LogP contribution in [0.2, 0.25) is 5.02 Å². The van der Waals surface area contributed by atoms with E-state index in [9.17, 15) is 15.2 Å². The Kier molecular flexibility index (Phi) is 13.5. The lowest BCUT2D eigenvalue weighted by Gasteiger charge is -2.32. The van der Waals surface area contributed by atoms with Crippen LogP contribution in [0.25, 0.3) is 17.1 Å². The quantitative estimate of drug-likeness (QED) is 0.0906. The van der Waals surface area contributed by atoms with E-state index in [0.29, 0.717) is 29.9 Å². The normalized spacial score (nSPS) is 15.5. The monoisotopic (exact) mass is 956 g/mol. The molecule has 5 heterocycles. The first kappa shape index (κ1) is 47.2. The van der Waals surface area contributed by atoms with Crippen molar-refractivity contribution in [2.45, 2.75) is 52.0 Å². The number of nitrogens with one attached hydrogen (secondary N) is 2. The van der Waals surface area contributed by atoms with Gasteiger partial charge in [-0.3, -0.25) is 10.3 Å². The number of nitrogens with zero attached hydrogens (tertiary/aromatic N) is 6. The number of hydrogen-bond acceptors (Lipinski definition) is 13. The lowest BCUT2D eigenvalue weighted by atomic mass is 9.83. The van der Waals surface area contributed by atoms with Crippen LogP contribution in [-0.4, -0.2) is 66.8 Å². The van der Waals surface area contributed by atoms with Crippen molar-refractivity contribution in [3.63, 3.8) is 0 Å². The minimum atomic E-state index is -5.06. The maximum Gasteiger partial charge on any atom is 0.418 e. The Morgan fingerprint density at radius 2 is 1.72 bits per heavy atom. The number of aryl methyl sites for hydroxylation is 1. The van der Waals surface area contributed by atoms with E-state index < -0.39 is 57.1 Å². The average molecular weight is 957 g/mol. The fourth-order valence-corrected chi connectivity index (χ4v) is 8.68. The van der Waals surface area contributed by atoms with E-state index in [1.165, 1.54) is 39.6 Å². The maximum atomic E-state index is 18.0. The molecule has 68 heavy (non-hydrogen) atoms. The number of benzene rings is 3. The van der Waals surface area contributed by atoms with Gasteiger partial charge in [-0.05, 0) is 79.8 Å². The van der Waals surface area contributed by atoms with Crippen molar-refractivity contribution in [2.75, 3.05) is 50.9 Å². The molecule has 1 amide bonds. The predicted molar refractivity (Wildman–Crippen MR) is 241 cm³/mol. The van der Waals surface area contributed by atoms with Gasteiger partial charge in [-0.1, -0.05) is 41.9 Å². The first-order chi connectivity index (χ1) is 32.6. The minimum Gasteiger partial charge on any atom is -0.497 e. The number of anilines is 2. The molecule has 0 spiro atoms. The van der Waals surface area contributed by atoms with Gasteiger partial charge in [0.1, 0.15) is 42.2 Å². The molecule has 15 nitrogen and oxygen atoms in total. The molecule has 3 aromatic carbocycles. The number of ether oxygens (including phenoxy) is 5. The summed E-state index contributed by atoms with van der Waals surface area (Å²) in [6.07, 6.45) is -3.00. The zero-order valence-electron chi connectivity index (χ0n) is 37.2. The number of alkyl halides is 3. The number of carbonyl (C=O) groups is 1. The average Bonchev–Trinajstić information content (AvgIpc) is 3.50. The van der Waals surface area contributed by atoms with Crippen molar-refractivity contribution < 1.29 is 51.1 Å². The van der Waals surface area contributed by atoms with Gasteiger partial charge < -0.3 is 43.9 Å². The van der Waals surface area contributed by atoms with E-state index >= 15 is 17.6 Å². The third-order valence-corrected chi connectivity index (χ3v) is 12.3. The highest BCUT2D eigenvalue weighted by molar-refractivity contribution is 6.33. The van der Waals surface area contributed by atoms with Crippen molar-refractivity contribution in [1.29, 1.82) is 5.26 Å². The summed E-state index contributed by atoms with van der Waals surface area (Å²) in [5.74, 6) is -0.815. The summed E-state index contributed by atoms with van der Waals surface area (Å²) in [5, 5.41) is 24.7. The summed E-state index contributed by atoms with van der Waals surface area (Å²) in [4.78, 5) is 28.6. The van der Waals surface area contributed by atoms with E-state index in [-0.39, 0.29) is 79.1 Å². The van der Waals surface area contributed by atoms with Crippen LogP contribution in [-0.2, 0) is 28.7 Å². The summed E-state index contributed by atoms with van der Waals surface area (Å²) in [7, 11) is 3.07.